The van der Waals surface area contributed by atoms with Gasteiger partial charge in [0.2, 0.25) is 10.0 Å². The number of thiazole rings is 1. The molecule has 0 unspecified atom stereocenters. The van der Waals surface area contributed by atoms with Crippen LogP contribution in [0.4, 0.5) is 5.13 Å². The summed E-state index contributed by atoms with van der Waals surface area (Å²) in [7, 11) is -3.49. The SMILES string of the molecule is O=C(Nc1nc2ccc(S(=O)(=O)N3CCCC3)cc2s1)c1ccc(-n2cccn2)cc1. The summed E-state index contributed by atoms with van der Waals surface area (Å²) < 4.78 is 29.5. The first-order chi connectivity index (χ1) is 15.0. The van der Waals surface area contributed by atoms with Crippen LogP contribution in [-0.4, -0.2) is 46.5 Å². The van der Waals surface area contributed by atoms with Crippen LogP contribution in [-0.2, 0) is 10.0 Å². The van der Waals surface area contributed by atoms with E-state index in [1.54, 1.807) is 41.2 Å². The number of carbonyl (C=O) groups excluding carboxylic acids is 1. The predicted octanol–water partition coefficient (Wildman–Crippen LogP) is 3.52. The Kier molecular flexibility index (Phi) is 5.05. The lowest BCUT2D eigenvalue weighted by Crippen LogP contribution is -2.27. The molecule has 3 heterocycles. The molecule has 2 aromatic heterocycles. The Hall–Kier alpha value is -3.08. The highest BCUT2D eigenvalue weighted by Crippen LogP contribution is 2.30. The van der Waals surface area contributed by atoms with Crippen molar-refractivity contribution >= 4 is 42.6 Å². The van der Waals surface area contributed by atoms with E-state index in [-0.39, 0.29) is 10.8 Å². The molecule has 1 saturated heterocycles. The van der Waals surface area contributed by atoms with Crippen LogP contribution in [0.5, 0.6) is 0 Å². The van der Waals surface area contributed by atoms with Crippen molar-refractivity contribution in [3.8, 4) is 5.69 Å². The summed E-state index contributed by atoms with van der Waals surface area (Å²) >= 11 is 1.25. The van der Waals surface area contributed by atoms with Crippen molar-refractivity contribution in [2.75, 3.05) is 18.4 Å². The summed E-state index contributed by atoms with van der Waals surface area (Å²) in [5.74, 6) is -0.281. The molecule has 0 radical (unpaired) electrons. The molecule has 0 saturated carbocycles. The molecule has 10 heteroatoms. The zero-order valence-electron chi connectivity index (χ0n) is 16.4. The lowest BCUT2D eigenvalue weighted by molar-refractivity contribution is 0.102. The minimum atomic E-state index is -3.49. The monoisotopic (exact) mass is 453 g/mol. The zero-order chi connectivity index (χ0) is 21.4. The number of fused-ring (bicyclic) bond motifs is 1. The Morgan fingerprint density at radius 2 is 1.84 bits per heavy atom. The molecule has 1 N–H and O–H groups in total. The van der Waals surface area contributed by atoms with Gasteiger partial charge in [-0.1, -0.05) is 11.3 Å². The average molecular weight is 454 g/mol. The number of sulfonamides is 1. The molecule has 0 atom stereocenters. The summed E-state index contributed by atoms with van der Waals surface area (Å²) in [5.41, 5.74) is 2.00. The molecule has 1 aliphatic heterocycles. The van der Waals surface area contributed by atoms with Crippen molar-refractivity contribution in [3.05, 3.63) is 66.5 Å². The topological polar surface area (TPSA) is 97.2 Å². The average Bonchev–Trinajstić information content (AvgIpc) is 3.55. The number of hydrogen-bond donors (Lipinski definition) is 1. The molecule has 4 aromatic rings. The van der Waals surface area contributed by atoms with Gasteiger partial charge in [0, 0.05) is 31.0 Å². The Labute approximate surface area is 183 Å². The van der Waals surface area contributed by atoms with Crippen molar-refractivity contribution in [2.45, 2.75) is 17.7 Å². The molecule has 8 nitrogen and oxygen atoms in total. The van der Waals surface area contributed by atoms with E-state index in [1.165, 1.54) is 15.6 Å². The standard InChI is InChI=1S/C21H19N5O3S2/c27-20(15-4-6-16(7-5-15)26-13-3-10-22-26)24-21-23-18-9-8-17(14-19(18)30-21)31(28,29)25-11-1-2-12-25/h3-10,13-14H,1-2,11-12H2,(H,23,24,27). The third-order valence-corrected chi connectivity index (χ3v) is 8.01. The summed E-state index contributed by atoms with van der Waals surface area (Å²) in [6.07, 6.45) is 5.30. The van der Waals surface area contributed by atoms with Gasteiger partial charge in [-0.15, -0.1) is 0 Å². The molecule has 0 bridgehead atoms. The van der Waals surface area contributed by atoms with Crippen molar-refractivity contribution in [1.82, 2.24) is 19.1 Å². The van der Waals surface area contributed by atoms with Crippen LogP contribution >= 0.6 is 11.3 Å². The summed E-state index contributed by atoms with van der Waals surface area (Å²) in [6.45, 7) is 1.12. The van der Waals surface area contributed by atoms with Gasteiger partial charge in [0.15, 0.2) is 5.13 Å². The molecular formula is C21H19N5O3S2. The van der Waals surface area contributed by atoms with E-state index in [2.05, 4.69) is 15.4 Å². The van der Waals surface area contributed by atoms with Gasteiger partial charge in [-0.2, -0.15) is 9.40 Å². The van der Waals surface area contributed by atoms with Gasteiger partial charge >= 0.3 is 0 Å². The van der Waals surface area contributed by atoms with Gasteiger partial charge in [-0.3, -0.25) is 10.1 Å². The van der Waals surface area contributed by atoms with Crippen LogP contribution < -0.4 is 5.32 Å². The zero-order valence-corrected chi connectivity index (χ0v) is 18.1. The number of nitrogens with one attached hydrogen (secondary N) is 1. The van der Waals surface area contributed by atoms with Crippen LogP contribution in [0, 0.1) is 0 Å². The highest BCUT2D eigenvalue weighted by atomic mass is 32.2. The third-order valence-electron chi connectivity index (χ3n) is 5.18. The fourth-order valence-electron chi connectivity index (χ4n) is 3.55. The van der Waals surface area contributed by atoms with E-state index in [9.17, 15) is 13.2 Å². The predicted molar refractivity (Wildman–Crippen MR) is 119 cm³/mol. The van der Waals surface area contributed by atoms with Crippen molar-refractivity contribution in [2.24, 2.45) is 0 Å². The summed E-state index contributed by atoms with van der Waals surface area (Å²) in [6, 6.07) is 13.8. The number of aromatic nitrogens is 3. The highest BCUT2D eigenvalue weighted by Gasteiger charge is 2.27. The van der Waals surface area contributed by atoms with Gasteiger partial charge in [-0.05, 0) is 61.4 Å². The van der Waals surface area contributed by atoms with Gasteiger partial charge in [0.25, 0.3) is 5.91 Å². The second-order valence-electron chi connectivity index (χ2n) is 7.21. The maximum atomic E-state index is 12.8. The van der Waals surface area contributed by atoms with Crippen LogP contribution in [0.1, 0.15) is 23.2 Å². The van der Waals surface area contributed by atoms with Gasteiger partial charge in [-0.25, -0.2) is 18.1 Å². The minimum absolute atomic E-state index is 0.262. The maximum Gasteiger partial charge on any atom is 0.257 e. The Bertz CT molecular complexity index is 1340. The van der Waals surface area contributed by atoms with E-state index >= 15 is 0 Å². The van der Waals surface area contributed by atoms with E-state index < -0.39 is 10.0 Å². The third kappa shape index (κ3) is 3.85. The summed E-state index contributed by atoms with van der Waals surface area (Å²) in [5, 5.41) is 7.39. The van der Waals surface area contributed by atoms with Crippen LogP contribution in [0.3, 0.4) is 0 Å². The van der Waals surface area contributed by atoms with Crippen molar-refractivity contribution < 1.29 is 13.2 Å². The fourth-order valence-corrected chi connectivity index (χ4v) is 6.07. The van der Waals surface area contributed by atoms with Gasteiger partial charge in [0.05, 0.1) is 20.8 Å². The van der Waals surface area contributed by atoms with Crippen molar-refractivity contribution in [1.29, 1.82) is 0 Å². The molecule has 0 aliphatic carbocycles. The second-order valence-corrected chi connectivity index (χ2v) is 10.2. The number of rotatable bonds is 5. The maximum absolute atomic E-state index is 12.8. The fraction of sp³-hybridized carbons (Fsp3) is 0.190. The van der Waals surface area contributed by atoms with Crippen LogP contribution in [0.25, 0.3) is 15.9 Å². The second kappa shape index (κ2) is 7.88. The molecular weight excluding hydrogens is 434 g/mol. The smallest absolute Gasteiger partial charge is 0.257 e. The first kappa shape index (κ1) is 19.9. The molecule has 158 valence electrons. The molecule has 2 aromatic carbocycles. The molecule has 31 heavy (non-hydrogen) atoms. The molecule has 1 fully saturated rings. The lowest BCUT2D eigenvalue weighted by Gasteiger charge is -2.15. The molecule has 5 rings (SSSR count). The molecule has 1 amide bonds. The number of anilines is 1. The summed E-state index contributed by atoms with van der Waals surface area (Å²) in [4.78, 5) is 17.3. The van der Waals surface area contributed by atoms with E-state index in [1.807, 2.05) is 24.4 Å². The number of amides is 1. The minimum Gasteiger partial charge on any atom is -0.298 e. The molecule has 1 aliphatic rings. The number of nitrogens with zero attached hydrogens (tertiary/aromatic N) is 4. The van der Waals surface area contributed by atoms with Crippen molar-refractivity contribution in [3.63, 3.8) is 0 Å². The largest absolute Gasteiger partial charge is 0.298 e. The molecule has 0 spiro atoms. The van der Waals surface area contributed by atoms with Crippen LogP contribution in [0.2, 0.25) is 0 Å². The number of carbonyl (C=O) groups is 1. The van der Waals surface area contributed by atoms with E-state index in [4.69, 9.17) is 0 Å². The Morgan fingerprint density at radius 3 is 2.55 bits per heavy atom. The van der Waals surface area contributed by atoms with Gasteiger partial charge < -0.3 is 0 Å². The first-order valence-electron chi connectivity index (χ1n) is 9.83. The van der Waals surface area contributed by atoms with E-state index in [0.717, 1.165) is 18.5 Å². The number of hydrogen-bond acceptors (Lipinski definition) is 6. The quantitative estimate of drug-likeness (QED) is 0.499. The highest BCUT2D eigenvalue weighted by molar-refractivity contribution is 7.89. The lowest BCUT2D eigenvalue weighted by atomic mass is 10.2. The first-order valence-corrected chi connectivity index (χ1v) is 12.1. The number of benzene rings is 2. The van der Waals surface area contributed by atoms with Gasteiger partial charge in [0.1, 0.15) is 0 Å². The van der Waals surface area contributed by atoms with E-state index in [0.29, 0.717) is 34.0 Å². The van der Waals surface area contributed by atoms with Crippen LogP contribution in [0.15, 0.2) is 65.8 Å². The Morgan fingerprint density at radius 1 is 1.06 bits per heavy atom. The Balaban J connectivity index is 1.35. The normalized spacial score (nSPS) is 14.8.